The van der Waals surface area contributed by atoms with Gasteiger partial charge in [0.15, 0.2) is 5.76 Å². The average Bonchev–Trinajstić information content (AvgIpc) is 2.91. The first-order valence-electron chi connectivity index (χ1n) is 9.75. The predicted molar refractivity (Wildman–Crippen MR) is 104 cm³/mol. The van der Waals surface area contributed by atoms with Crippen molar-refractivity contribution >= 4 is 10.0 Å². The van der Waals surface area contributed by atoms with Crippen LogP contribution < -0.4 is 0 Å². The van der Waals surface area contributed by atoms with Gasteiger partial charge < -0.3 is 9.26 Å². The van der Waals surface area contributed by atoms with Gasteiger partial charge in [-0.25, -0.2) is 8.42 Å². The van der Waals surface area contributed by atoms with Crippen molar-refractivity contribution in [1.29, 1.82) is 0 Å². The van der Waals surface area contributed by atoms with Crippen LogP contribution >= 0.6 is 0 Å². The van der Waals surface area contributed by atoms with Gasteiger partial charge in [-0.3, -0.25) is 4.90 Å². The molecule has 2 aromatic rings. The Hall–Kier alpha value is -1.74. The molecular formula is C20H27N3O4S. The van der Waals surface area contributed by atoms with Crippen LogP contribution in [0.2, 0.25) is 0 Å². The normalized spacial score (nSPS) is 24.6. The average molecular weight is 406 g/mol. The fourth-order valence-electron chi connectivity index (χ4n) is 4.42. The standard InChI is InChI=1S/C20H27N3O4S/c1-15-20(16(2)27-21-15)28(24,25)23-9-8-19-18(13-23)14-26-11-10-22(19)12-17-6-4-3-5-7-17/h3-7,18-19H,8-14H2,1-2H3/t18-,19-/m1/s1. The maximum atomic E-state index is 13.2. The van der Waals surface area contributed by atoms with Crippen LogP contribution in [0.3, 0.4) is 0 Å². The Morgan fingerprint density at radius 2 is 1.96 bits per heavy atom. The molecule has 1 aromatic heterocycles. The van der Waals surface area contributed by atoms with Gasteiger partial charge in [-0.1, -0.05) is 35.5 Å². The number of nitrogens with zero attached hydrogens (tertiary/aromatic N) is 3. The third-order valence-corrected chi connectivity index (χ3v) is 7.88. The van der Waals surface area contributed by atoms with E-state index in [2.05, 4.69) is 34.3 Å². The Balaban J connectivity index is 1.53. The van der Waals surface area contributed by atoms with Gasteiger partial charge in [0.2, 0.25) is 10.0 Å². The molecule has 0 amide bonds. The molecule has 0 spiro atoms. The van der Waals surface area contributed by atoms with Crippen molar-refractivity contribution in [3.8, 4) is 0 Å². The fraction of sp³-hybridized carbons (Fsp3) is 0.550. The molecule has 7 nitrogen and oxygen atoms in total. The second kappa shape index (κ2) is 7.94. The zero-order valence-electron chi connectivity index (χ0n) is 16.4. The Labute approximate surface area is 166 Å². The third kappa shape index (κ3) is 3.74. The van der Waals surface area contributed by atoms with Crippen molar-refractivity contribution in [1.82, 2.24) is 14.4 Å². The van der Waals surface area contributed by atoms with Gasteiger partial charge in [-0.2, -0.15) is 4.31 Å². The first kappa shape index (κ1) is 19.6. The predicted octanol–water partition coefficient (Wildman–Crippen LogP) is 2.20. The Morgan fingerprint density at radius 1 is 1.18 bits per heavy atom. The van der Waals surface area contributed by atoms with Crippen molar-refractivity contribution in [3.63, 3.8) is 0 Å². The van der Waals surface area contributed by atoms with Gasteiger partial charge in [0, 0.05) is 38.1 Å². The number of fused-ring (bicyclic) bond motifs is 1. The van der Waals surface area contributed by atoms with E-state index in [1.54, 1.807) is 18.2 Å². The van der Waals surface area contributed by atoms with Crippen molar-refractivity contribution in [3.05, 3.63) is 47.3 Å². The molecule has 0 unspecified atom stereocenters. The number of ether oxygens (including phenoxy) is 1. The van der Waals surface area contributed by atoms with E-state index in [1.165, 1.54) is 5.56 Å². The highest BCUT2D eigenvalue weighted by atomic mass is 32.2. The molecule has 2 aliphatic rings. The van der Waals surface area contributed by atoms with E-state index in [9.17, 15) is 8.42 Å². The maximum absolute atomic E-state index is 13.2. The first-order valence-corrected chi connectivity index (χ1v) is 11.2. The molecule has 3 heterocycles. The number of aryl methyl sites for hydroxylation is 2. The van der Waals surface area contributed by atoms with Crippen molar-refractivity contribution < 1.29 is 17.7 Å². The summed E-state index contributed by atoms with van der Waals surface area (Å²) >= 11 is 0. The summed E-state index contributed by atoms with van der Waals surface area (Å²) in [5, 5.41) is 3.82. The number of piperidine rings is 1. The highest BCUT2D eigenvalue weighted by Gasteiger charge is 2.41. The van der Waals surface area contributed by atoms with Crippen LogP contribution in [0.5, 0.6) is 0 Å². The minimum atomic E-state index is -3.62. The van der Waals surface area contributed by atoms with Gasteiger partial charge in [-0.15, -0.1) is 0 Å². The van der Waals surface area contributed by atoms with Gasteiger partial charge in [-0.05, 0) is 25.8 Å². The maximum Gasteiger partial charge on any atom is 0.248 e. The second-order valence-electron chi connectivity index (χ2n) is 7.66. The molecule has 8 heteroatoms. The molecule has 0 radical (unpaired) electrons. The summed E-state index contributed by atoms with van der Waals surface area (Å²) in [5.74, 6) is 0.498. The molecule has 4 rings (SSSR count). The van der Waals surface area contributed by atoms with Gasteiger partial charge >= 0.3 is 0 Å². The highest BCUT2D eigenvalue weighted by Crippen LogP contribution is 2.31. The lowest BCUT2D eigenvalue weighted by Crippen LogP contribution is -2.52. The zero-order chi connectivity index (χ0) is 19.7. The van der Waals surface area contributed by atoms with Crippen LogP contribution in [-0.4, -0.2) is 61.7 Å². The summed E-state index contributed by atoms with van der Waals surface area (Å²) in [6, 6.07) is 10.7. The largest absolute Gasteiger partial charge is 0.380 e. The first-order chi connectivity index (χ1) is 13.5. The molecule has 2 fully saturated rings. The van der Waals surface area contributed by atoms with Crippen molar-refractivity contribution in [2.75, 3.05) is 32.8 Å². The summed E-state index contributed by atoms with van der Waals surface area (Å²) in [4.78, 5) is 2.66. The fourth-order valence-corrected chi connectivity index (χ4v) is 6.22. The monoisotopic (exact) mass is 405 g/mol. The summed E-state index contributed by atoms with van der Waals surface area (Å²) in [6.45, 7) is 7.28. The van der Waals surface area contributed by atoms with Crippen LogP contribution in [0.1, 0.15) is 23.4 Å². The summed E-state index contributed by atoms with van der Waals surface area (Å²) < 4.78 is 38.9. The van der Waals surface area contributed by atoms with Gasteiger partial charge in [0.1, 0.15) is 10.6 Å². The summed E-state index contributed by atoms with van der Waals surface area (Å²) in [6.07, 6.45) is 0.795. The van der Waals surface area contributed by atoms with E-state index >= 15 is 0 Å². The zero-order valence-corrected chi connectivity index (χ0v) is 17.2. The van der Waals surface area contributed by atoms with E-state index in [-0.39, 0.29) is 10.8 Å². The highest BCUT2D eigenvalue weighted by molar-refractivity contribution is 7.89. The summed E-state index contributed by atoms with van der Waals surface area (Å²) in [7, 11) is -3.62. The Bertz CT molecular complexity index is 893. The number of rotatable bonds is 4. The lowest BCUT2D eigenvalue weighted by atomic mass is 9.92. The molecule has 0 N–H and O–H groups in total. The second-order valence-corrected chi connectivity index (χ2v) is 9.54. The Morgan fingerprint density at radius 3 is 2.68 bits per heavy atom. The number of aromatic nitrogens is 1. The molecule has 2 saturated heterocycles. The van der Waals surface area contributed by atoms with E-state index < -0.39 is 10.0 Å². The molecule has 0 aliphatic carbocycles. The SMILES string of the molecule is Cc1noc(C)c1S(=O)(=O)N1CC[C@@H]2[C@@H](COCCN2Cc2ccccc2)C1. The molecule has 2 aliphatic heterocycles. The van der Waals surface area contributed by atoms with Crippen LogP contribution in [0, 0.1) is 19.8 Å². The van der Waals surface area contributed by atoms with Crippen molar-refractivity contribution in [2.45, 2.75) is 37.8 Å². The lowest BCUT2D eigenvalue weighted by molar-refractivity contribution is 0.0762. The molecule has 152 valence electrons. The van der Waals surface area contributed by atoms with Crippen molar-refractivity contribution in [2.24, 2.45) is 5.92 Å². The van der Waals surface area contributed by atoms with Crippen LogP contribution in [0.15, 0.2) is 39.8 Å². The minimum absolute atomic E-state index is 0.148. The lowest BCUT2D eigenvalue weighted by Gasteiger charge is -2.41. The number of sulfonamides is 1. The topological polar surface area (TPSA) is 75.9 Å². The molecule has 2 atom stereocenters. The number of benzene rings is 1. The number of hydrogen-bond donors (Lipinski definition) is 0. The quantitative estimate of drug-likeness (QED) is 0.776. The Kier molecular flexibility index (Phi) is 5.55. The molecule has 28 heavy (non-hydrogen) atoms. The van der Waals surface area contributed by atoms with Crippen LogP contribution in [0.4, 0.5) is 0 Å². The molecular weight excluding hydrogens is 378 g/mol. The molecule has 0 bridgehead atoms. The van der Waals surface area contributed by atoms with Crippen LogP contribution in [0.25, 0.3) is 0 Å². The molecule has 1 aromatic carbocycles. The summed E-state index contributed by atoms with van der Waals surface area (Å²) in [5.41, 5.74) is 1.69. The van der Waals surface area contributed by atoms with E-state index in [1.807, 2.05) is 6.07 Å². The van der Waals surface area contributed by atoms with E-state index in [0.29, 0.717) is 43.8 Å². The van der Waals surface area contributed by atoms with Gasteiger partial charge in [0.05, 0.1) is 13.2 Å². The van der Waals surface area contributed by atoms with Gasteiger partial charge in [0.25, 0.3) is 0 Å². The minimum Gasteiger partial charge on any atom is -0.380 e. The smallest absolute Gasteiger partial charge is 0.248 e. The van der Waals surface area contributed by atoms with E-state index in [0.717, 1.165) is 19.5 Å². The third-order valence-electron chi connectivity index (χ3n) is 5.77. The van der Waals surface area contributed by atoms with E-state index in [4.69, 9.17) is 9.26 Å². The number of hydrogen-bond acceptors (Lipinski definition) is 6. The molecule has 0 saturated carbocycles. The van der Waals surface area contributed by atoms with Crippen LogP contribution in [-0.2, 0) is 21.3 Å².